The molecule has 2 N–H and O–H groups in total. The van der Waals surface area contributed by atoms with Gasteiger partial charge in [-0.25, -0.2) is 0 Å². The lowest BCUT2D eigenvalue weighted by atomic mass is 9.69. The Morgan fingerprint density at radius 3 is 2.82 bits per heavy atom. The van der Waals surface area contributed by atoms with Crippen LogP contribution in [-0.2, 0) is 9.47 Å². The molecule has 4 unspecified atom stereocenters. The standard InChI is InChI=1S/C14H27NO2/c1-4-11(2)13(3,15)12-5-7-17-14(9-12)6-8-16-10-14/h11-12H,4-10,15H2,1-3H3. The molecule has 2 aliphatic rings. The molecule has 0 aliphatic carbocycles. The molecule has 4 atom stereocenters. The van der Waals surface area contributed by atoms with E-state index in [2.05, 4.69) is 20.8 Å². The number of ether oxygens (including phenoxy) is 2. The van der Waals surface area contributed by atoms with Crippen LogP contribution in [0.4, 0.5) is 0 Å². The van der Waals surface area contributed by atoms with E-state index in [1.807, 2.05) is 0 Å². The third kappa shape index (κ3) is 2.51. The summed E-state index contributed by atoms with van der Waals surface area (Å²) in [5.41, 5.74) is 6.51. The Morgan fingerprint density at radius 1 is 1.47 bits per heavy atom. The minimum Gasteiger partial charge on any atom is -0.378 e. The first-order valence-electron chi connectivity index (χ1n) is 7.01. The van der Waals surface area contributed by atoms with E-state index in [0.29, 0.717) is 11.8 Å². The van der Waals surface area contributed by atoms with Gasteiger partial charge in [-0.2, -0.15) is 0 Å². The molecule has 100 valence electrons. The van der Waals surface area contributed by atoms with E-state index in [9.17, 15) is 0 Å². The highest BCUT2D eigenvalue weighted by atomic mass is 16.6. The van der Waals surface area contributed by atoms with Crippen LogP contribution in [0.2, 0.25) is 0 Å². The topological polar surface area (TPSA) is 44.5 Å². The Balaban J connectivity index is 2.06. The van der Waals surface area contributed by atoms with Crippen molar-refractivity contribution in [3.8, 4) is 0 Å². The molecule has 0 aromatic carbocycles. The second-order valence-corrected chi connectivity index (χ2v) is 6.20. The van der Waals surface area contributed by atoms with Gasteiger partial charge in [-0.3, -0.25) is 0 Å². The highest BCUT2D eigenvalue weighted by Crippen LogP contribution is 2.41. The van der Waals surface area contributed by atoms with Crippen LogP contribution in [0, 0.1) is 11.8 Å². The largest absolute Gasteiger partial charge is 0.378 e. The maximum Gasteiger partial charge on any atom is 0.0940 e. The van der Waals surface area contributed by atoms with Gasteiger partial charge in [0.05, 0.1) is 12.2 Å². The Kier molecular flexibility index (Phi) is 3.81. The molecule has 0 aromatic rings. The Morgan fingerprint density at radius 2 is 2.24 bits per heavy atom. The number of hydrogen-bond donors (Lipinski definition) is 1. The van der Waals surface area contributed by atoms with Gasteiger partial charge in [0.25, 0.3) is 0 Å². The maximum absolute atomic E-state index is 6.60. The van der Waals surface area contributed by atoms with Crippen molar-refractivity contribution in [2.75, 3.05) is 19.8 Å². The summed E-state index contributed by atoms with van der Waals surface area (Å²) in [6, 6.07) is 0. The molecule has 0 radical (unpaired) electrons. The predicted molar refractivity (Wildman–Crippen MR) is 68.9 cm³/mol. The van der Waals surface area contributed by atoms with E-state index in [0.717, 1.165) is 45.5 Å². The minimum absolute atomic E-state index is 0.0169. The molecule has 0 bridgehead atoms. The Bertz CT molecular complexity index is 259. The normalized spacial score (nSPS) is 39.2. The summed E-state index contributed by atoms with van der Waals surface area (Å²) in [7, 11) is 0. The van der Waals surface area contributed by atoms with E-state index in [1.54, 1.807) is 0 Å². The van der Waals surface area contributed by atoms with Gasteiger partial charge >= 0.3 is 0 Å². The molecular formula is C14H27NO2. The second-order valence-electron chi connectivity index (χ2n) is 6.20. The number of rotatable bonds is 3. The predicted octanol–water partition coefficient (Wildman–Crippen LogP) is 2.34. The van der Waals surface area contributed by atoms with Crippen molar-refractivity contribution in [1.82, 2.24) is 0 Å². The summed E-state index contributed by atoms with van der Waals surface area (Å²) in [4.78, 5) is 0. The number of hydrogen-bond acceptors (Lipinski definition) is 3. The van der Waals surface area contributed by atoms with Crippen molar-refractivity contribution < 1.29 is 9.47 Å². The zero-order valence-electron chi connectivity index (χ0n) is 11.5. The Labute approximate surface area is 105 Å². The first-order valence-corrected chi connectivity index (χ1v) is 7.01. The lowest BCUT2D eigenvalue weighted by Gasteiger charge is -2.46. The van der Waals surface area contributed by atoms with Gasteiger partial charge in [0, 0.05) is 25.2 Å². The van der Waals surface area contributed by atoms with E-state index in [-0.39, 0.29) is 11.1 Å². The third-order valence-electron chi connectivity index (χ3n) is 5.11. The zero-order valence-corrected chi connectivity index (χ0v) is 11.5. The molecule has 2 aliphatic heterocycles. The molecule has 17 heavy (non-hydrogen) atoms. The molecule has 2 saturated heterocycles. The lowest BCUT2D eigenvalue weighted by molar-refractivity contribution is -0.112. The summed E-state index contributed by atoms with van der Waals surface area (Å²) < 4.78 is 11.5. The van der Waals surface area contributed by atoms with Crippen molar-refractivity contribution in [3.63, 3.8) is 0 Å². The molecule has 2 fully saturated rings. The number of nitrogens with two attached hydrogens (primary N) is 1. The fourth-order valence-electron chi connectivity index (χ4n) is 3.26. The monoisotopic (exact) mass is 241 g/mol. The van der Waals surface area contributed by atoms with Crippen LogP contribution in [0.5, 0.6) is 0 Å². The smallest absolute Gasteiger partial charge is 0.0940 e. The molecule has 0 saturated carbocycles. The van der Waals surface area contributed by atoms with Gasteiger partial charge in [0.1, 0.15) is 0 Å². The average molecular weight is 241 g/mol. The van der Waals surface area contributed by atoms with Gasteiger partial charge in [0.2, 0.25) is 0 Å². The van der Waals surface area contributed by atoms with Crippen LogP contribution < -0.4 is 5.73 Å². The van der Waals surface area contributed by atoms with Crippen LogP contribution in [-0.4, -0.2) is 31.0 Å². The summed E-state index contributed by atoms with van der Waals surface area (Å²) >= 11 is 0. The Hall–Kier alpha value is -0.120. The van der Waals surface area contributed by atoms with Gasteiger partial charge in [-0.05, 0) is 31.6 Å². The molecular weight excluding hydrogens is 214 g/mol. The maximum atomic E-state index is 6.60. The van der Waals surface area contributed by atoms with Crippen molar-refractivity contribution >= 4 is 0 Å². The quantitative estimate of drug-likeness (QED) is 0.825. The molecule has 1 spiro atoms. The van der Waals surface area contributed by atoms with Gasteiger partial charge < -0.3 is 15.2 Å². The SMILES string of the molecule is CCC(C)C(C)(N)C1CCOC2(CCOC2)C1. The lowest BCUT2D eigenvalue weighted by Crippen LogP contribution is -2.55. The van der Waals surface area contributed by atoms with Crippen LogP contribution >= 0.6 is 0 Å². The first-order chi connectivity index (χ1) is 8.00. The summed E-state index contributed by atoms with van der Waals surface area (Å²) in [6.07, 6.45) is 4.36. The minimum atomic E-state index is -0.0753. The van der Waals surface area contributed by atoms with Gasteiger partial charge in [0.15, 0.2) is 0 Å². The molecule has 2 rings (SSSR count). The van der Waals surface area contributed by atoms with Crippen molar-refractivity contribution in [2.45, 2.75) is 57.6 Å². The fourth-order valence-corrected chi connectivity index (χ4v) is 3.26. The third-order valence-corrected chi connectivity index (χ3v) is 5.11. The van der Waals surface area contributed by atoms with Crippen LogP contribution in [0.25, 0.3) is 0 Å². The van der Waals surface area contributed by atoms with Crippen LogP contribution in [0.3, 0.4) is 0 Å². The van der Waals surface area contributed by atoms with Crippen molar-refractivity contribution in [1.29, 1.82) is 0 Å². The van der Waals surface area contributed by atoms with Crippen LogP contribution in [0.15, 0.2) is 0 Å². The fraction of sp³-hybridized carbons (Fsp3) is 1.00. The average Bonchev–Trinajstić information content (AvgIpc) is 2.76. The van der Waals surface area contributed by atoms with Gasteiger partial charge in [-0.1, -0.05) is 20.3 Å². The highest BCUT2D eigenvalue weighted by Gasteiger charge is 2.46. The molecule has 3 nitrogen and oxygen atoms in total. The van der Waals surface area contributed by atoms with Crippen LogP contribution in [0.1, 0.15) is 46.5 Å². The summed E-state index contributed by atoms with van der Waals surface area (Å²) in [5, 5.41) is 0. The first kappa shape index (κ1) is 13.3. The van der Waals surface area contributed by atoms with E-state index in [1.165, 1.54) is 0 Å². The van der Waals surface area contributed by atoms with E-state index >= 15 is 0 Å². The summed E-state index contributed by atoms with van der Waals surface area (Å²) in [6.45, 7) is 9.17. The van der Waals surface area contributed by atoms with E-state index in [4.69, 9.17) is 15.2 Å². The zero-order chi connectivity index (χ0) is 12.5. The molecule has 2 heterocycles. The van der Waals surface area contributed by atoms with Gasteiger partial charge in [-0.15, -0.1) is 0 Å². The molecule has 3 heteroatoms. The van der Waals surface area contributed by atoms with E-state index < -0.39 is 0 Å². The molecule has 0 aromatic heterocycles. The van der Waals surface area contributed by atoms with Crippen molar-refractivity contribution in [2.24, 2.45) is 17.6 Å². The molecule has 0 amide bonds. The van der Waals surface area contributed by atoms with Crippen molar-refractivity contribution in [3.05, 3.63) is 0 Å². The highest BCUT2D eigenvalue weighted by molar-refractivity contribution is 4.99. The second kappa shape index (κ2) is 4.87. The summed E-state index contributed by atoms with van der Waals surface area (Å²) in [5.74, 6) is 1.12.